The molecule has 0 saturated heterocycles. The van der Waals surface area contributed by atoms with Crippen molar-refractivity contribution in [1.82, 2.24) is 0 Å². The molecule has 0 saturated carbocycles. The predicted molar refractivity (Wildman–Crippen MR) is 112 cm³/mol. The minimum atomic E-state index is -6.03. The summed E-state index contributed by atoms with van der Waals surface area (Å²) in [6.45, 7) is 7.42. The van der Waals surface area contributed by atoms with Crippen molar-refractivity contribution < 1.29 is 93.3 Å². The van der Waals surface area contributed by atoms with E-state index in [2.05, 4.69) is 25.5 Å². The normalized spacial score (nSPS) is 11.9. The molecule has 20 heteroatoms. The minimum Gasteiger partial charge on any atom is -0.394 e. The Morgan fingerprint density at radius 2 is 0.625 bits per heavy atom. The summed E-state index contributed by atoms with van der Waals surface area (Å²) in [5, 5.41) is 131. The van der Waals surface area contributed by atoms with Gasteiger partial charge < -0.3 is 14.9 Å². The maximum absolute atomic E-state index is 8.58. The second kappa shape index (κ2) is 17.4. The fourth-order valence-corrected chi connectivity index (χ4v) is 2.29. The number of nitrogens with zero attached hydrogens (tertiary/aromatic N) is 12. The van der Waals surface area contributed by atoms with Crippen LogP contribution < -0.4 is 0 Å². The molecule has 0 aliphatic rings. The number of hydrogen-bond acceptors (Lipinski definition) is 15. The van der Waals surface area contributed by atoms with Gasteiger partial charge in [0.05, 0.1) is 26.4 Å². The second-order valence-corrected chi connectivity index (χ2v) is 22.1. The minimum absolute atomic E-state index is 0. The predicted octanol–water partition coefficient (Wildman–Crippen LogP) is 0.931. The Morgan fingerprint density at radius 1 is 0.500 bits per heavy atom. The first-order valence-electron chi connectivity index (χ1n) is 8.75. The van der Waals surface area contributed by atoms with E-state index in [0.29, 0.717) is 17.2 Å². The first-order chi connectivity index (χ1) is 17.4. The maximum Gasteiger partial charge on any atom is 0.0698 e. The molecule has 0 aromatic rings. The Bertz CT molecular complexity index is 1070. The average Bonchev–Trinajstić information content (AvgIpc) is 2.95. The quantitative estimate of drug-likeness (QED) is 0.295. The summed E-state index contributed by atoms with van der Waals surface area (Å²) < 4.78 is 5.26. The van der Waals surface area contributed by atoms with Crippen LogP contribution in [0.4, 0.5) is 0 Å². The zero-order valence-electron chi connectivity index (χ0n) is 21.8. The number of nitriles is 12. The molecule has 0 atom stereocenters. The molecule has 0 aromatic carbocycles. The van der Waals surface area contributed by atoms with Crippen LogP contribution in [0.1, 0.15) is 20.8 Å². The van der Waals surface area contributed by atoms with Gasteiger partial charge in [0.2, 0.25) is 0 Å². The number of aliphatic hydroxyl groups is 2. The maximum atomic E-state index is 8.58. The monoisotopic (exact) mass is 785 g/mol. The van der Waals surface area contributed by atoms with Crippen LogP contribution in [0.3, 0.4) is 0 Å². The summed E-state index contributed by atoms with van der Waals surface area (Å²) in [4.78, 5) is 0. The van der Waals surface area contributed by atoms with E-state index >= 15 is 0 Å². The van der Waals surface area contributed by atoms with Crippen LogP contribution >= 0.6 is 0 Å². The number of aliphatic hydroxyl groups excluding tert-OH is 2. The van der Waals surface area contributed by atoms with Gasteiger partial charge in [0.1, 0.15) is 0 Å². The Kier molecular flexibility index (Phi) is 21.5. The third-order valence-corrected chi connectivity index (χ3v) is 9.69. The van der Waals surface area contributed by atoms with Gasteiger partial charge in [-0.25, -0.2) is 0 Å². The van der Waals surface area contributed by atoms with E-state index in [1.54, 1.807) is 0 Å². The first kappa shape index (κ1) is 49.6. The van der Waals surface area contributed by atoms with Gasteiger partial charge in [-0.3, -0.25) is 0 Å². The summed E-state index contributed by atoms with van der Waals surface area (Å²) in [6.07, 6.45) is 0. The summed E-state index contributed by atoms with van der Waals surface area (Å²) in [7, 11) is -12.1. The van der Waals surface area contributed by atoms with E-state index in [9.17, 15) is 0 Å². The molecule has 0 aliphatic heterocycles. The van der Waals surface area contributed by atoms with Crippen LogP contribution in [0.25, 0.3) is 0 Å². The molecule has 0 heterocycles. The fourth-order valence-electron chi connectivity index (χ4n) is 0.731. The molecule has 40 heavy (non-hydrogen) atoms. The topological polar surface area (TPSA) is 335 Å². The van der Waals surface area contributed by atoms with Gasteiger partial charge in [-0.15, -0.1) is 0 Å². The standard InChI is InChI=1S/C4H10O3.C4H9.12CN.2Co.3Zn/c5-1-3-7-4-2-6;1-4(2)3;12*1-2;;;;;/h5-6H,1-4H2;1-3H3;;;;;;;;;;;;;;;;;. The molecule has 0 aromatic heterocycles. The van der Waals surface area contributed by atoms with E-state index in [1.807, 2.05) is 0 Å². The third-order valence-electron chi connectivity index (χ3n) is 2.71. The van der Waals surface area contributed by atoms with Crippen molar-refractivity contribution in [3.63, 3.8) is 0 Å². The Labute approximate surface area is 265 Å². The van der Waals surface area contributed by atoms with Gasteiger partial charge in [-0.05, 0) is 0 Å². The van der Waals surface area contributed by atoms with Crippen molar-refractivity contribution in [1.29, 1.82) is 63.1 Å². The van der Waals surface area contributed by atoms with Crippen LogP contribution in [-0.4, -0.2) is 36.6 Å². The number of rotatable bonds is 4. The zero-order valence-corrected chi connectivity index (χ0v) is 32.8. The Hall–Kier alpha value is -3.36. The second-order valence-electron chi connectivity index (χ2n) is 7.01. The molecular weight excluding hydrogens is 770 g/mol. The molecule has 0 radical (unpaired) electrons. The molecule has 15 nitrogen and oxygen atoms in total. The molecular formula is C20H19Co2N12O3Zn3. The van der Waals surface area contributed by atoms with E-state index < -0.39 is 21.1 Å². The van der Waals surface area contributed by atoms with Crippen molar-refractivity contribution in [2.45, 2.75) is 24.8 Å². The molecule has 0 aliphatic carbocycles. The summed E-state index contributed by atoms with van der Waals surface area (Å²) in [5.41, 5.74) is 0. The van der Waals surface area contributed by atoms with Gasteiger partial charge in [-0.1, -0.05) is 0 Å². The van der Waals surface area contributed by atoms with Gasteiger partial charge in [0.15, 0.2) is 0 Å². The summed E-state index contributed by atoms with van der Waals surface area (Å²) in [6, 6.07) is 0. The van der Waals surface area contributed by atoms with Crippen molar-refractivity contribution in [2.24, 2.45) is 0 Å². The van der Waals surface area contributed by atoms with Gasteiger partial charge in [0.25, 0.3) is 0 Å². The average molecular weight is 789 g/mol. The first-order valence-corrected chi connectivity index (χ1v) is 16.5. The largest absolute Gasteiger partial charge is 0.394 e. The van der Waals surface area contributed by atoms with Crippen LogP contribution in [0.15, 0.2) is 0 Å². The molecule has 201 valence electrons. The van der Waals surface area contributed by atoms with E-state index in [4.69, 9.17) is 73.4 Å². The molecule has 0 fully saturated rings. The number of hydrogen-bond donors (Lipinski definition) is 2. The molecule has 0 rings (SSSR count). The molecule has 0 amide bonds. The SMILES string of the molecule is C[C](C)(C)[Zn].N#[C][Co]([C]#N)([C]#N)([C]#N)([C]#N)[C]#N.N#[C][Co]([C]#N)([C]#N)([C]#N)([C]#N)[C]#N.OCCOCCO.[Zn].[Zn]. The van der Waals surface area contributed by atoms with Crippen LogP contribution in [-0.2, 0) is 83.1 Å². The molecule has 0 unspecified atom stereocenters. The smallest absolute Gasteiger partial charge is 0.0698 e. The Morgan fingerprint density at radius 3 is 0.675 bits per heavy atom. The van der Waals surface area contributed by atoms with E-state index in [-0.39, 0.29) is 52.2 Å². The van der Waals surface area contributed by atoms with Crippen molar-refractivity contribution >= 4 is 0 Å². The van der Waals surface area contributed by atoms with Gasteiger partial charge in [-0.2, -0.15) is 0 Å². The third kappa shape index (κ3) is 10.7. The van der Waals surface area contributed by atoms with Crippen LogP contribution in [0.2, 0.25) is 4.01 Å². The molecule has 0 spiro atoms. The van der Waals surface area contributed by atoms with Crippen LogP contribution in [0, 0.1) is 123 Å². The van der Waals surface area contributed by atoms with Crippen molar-refractivity contribution in [2.75, 3.05) is 26.4 Å². The zero-order chi connectivity index (χ0) is 31.3. The molecule has 0 bridgehead atoms. The van der Waals surface area contributed by atoms with E-state index in [1.165, 1.54) is 18.3 Å². The number of ether oxygens (including phenoxy) is 1. The summed E-state index contributed by atoms with van der Waals surface area (Å²) in [5.74, 6) is 0. The van der Waals surface area contributed by atoms with Crippen molar-refractivity contribution in [3.8, 4) is 60.0 Å². The van der Waals surface area contributed by atoms with Gasteiger partial charge >= 0.3 is 187 Å². The van der Waals surface area contributed by atoms with Crippen LogP contribution in [0.5, 0.6) is 0 Å². The van der Waals surface area contributed by atoms with Crippen molar-refractivity contribution in [3.05, 3.63) is 0 Å². The fraction of sp³-hybridized carbons (Fsp3) is 0.400. The van der Waals surface area contributed by atoms with Gasteiger partial charge in [0, 0.05) is 39.0 Å². The summed E-state index contributed by atoms with van der Waals surface area (Å²) >= 11 is 1.40. The van der Waals surface area contributed by atoms with E-state index in [0.717, 1.165) is 60.0 Å². The Balaban J connectivity index is -0.000000101. The molecule has 2 N–H and O–H groups in total.